The van der Waals surface area contributed by atoms with Crippen molar-refractivity contribution in [2.75, 3.05) is 0 Å². The minimum Gasteiger partial charge on any atom is -0.267 e. The van der Waals surface area contributed by atoms with E-state index in [1.807, 2.05) is 16.8 Å². The lowest BCUT2D eigenvalue weighted by Crippen LogP contribution is -2.18. The summed E-state index contributed by atoms with van der Waals surface area (Å²) in [6.45, 7) is 0. The van der Waals surface area contributed by atoms with Crippen molar-refractivity contribution in [2.45, 2.75) is 0 Å². The zero-order valence-corrected chi connectivity index (χ0v) is 10.5. The van der Waals surface area contributed by atoms with Crippen molar-refractivity contribution in [2.24, 2.45) is 5.10 Å². The maximum atomic E-state index is 11.8. The van der Waals surface area contributed by atoms with E-state index < -0.39 is 10.8 Å². The number of rotatable bonds is 4. The normalized spacial score (nSPS) is 10.5. The number of benzene rings is 1. The highest BCUT2D eigenvalue weighted by Gasteiger charge is 2.18. The van der Waals surface area contributed by atoms with Crippen LogP contribution in [-0.4, -0.2) is 17.0 Å². The van der Waals surface area contributed by atoms with Crippen LogP contribution < -0.4 is 5.43 Å². The van der Waals surface area contributed by atoms with Gasteiger partial charge in [0, 0.05) is 11.6 Å². The average molecular weight is 275 g/mol. The van der Waals surface area contributed by atoms with E-state index in [2.05, 4.69) is 10.5 Å². The van der Waals surface area contributed by atoms with E-state index in [0.717, 1.165) is 5.56 Å². The molecule has 1 aromatic heterocycles. The minimum absolute atomic E-state index is 0.0185. The number of thiophene rings is 1. The fourth-order valence-electron chi connectivity index (χ4n) is 1.40. The molecule has 0 unspecified atom stereocenters. The van der Waals surface area contributed by atoms with Gasteiger partial charge in [-0.25, -0.2) is 5.43 Å². The van der Waals surface area contributed by atoms with Crippen molar-refractivity contribution in [3.05, 3.63) is 62.3 Å². The van der Waals surface area contributed by atoms with Crippen molar-refractivity contribution >= 4 is 29.1 Å². The van der Waals surface area contributed by atoms with Gasteiger partial charge in [0.25, 0.3) is 11.6 Å². The highest BCUT2D eigenvalue weighted by molar-refractivity contribution is 7.08. The number of nitrogens with one attached hydrogen (secondary N) is 1. The van der Waals surface area contributed by atoms with Gasteiger partial charge < -0.3 is 0 Å². The summed E-state index contributed by atoms with van der Waals surface area (Å²) in [5, 5.41) is 18.3. The van der Waals surface area contributed by atoms with Crippen LogP contribution in [0.5, 0.6) is 0 Å². The van der Waals surface area contributed by atoms with Crippen LogP contribution in [0.2, 0.25) is 0 Å². The van der Waals surface area contributed by atoms with Gasteiger partial charge in [0.15, 0.2) is 0 Å². The third-order valence-electron chi connectivity index (χ3n) is 2.27. The summed E-state index contributed by atoms with van der Waals surface area (Å²) < 4.78 is 0. The van der Waals surface area contributed by atoms with Crippen molar-refractivity contribution < 1.29 is 9.72 Å². The Bertz CT molecular complexity index is 623. The molecule has 6 nitrogen and oxygen atoms in total. The van der Waals surface area contributed by atoms with E-state index in [1.165, 1.54) is 35.8 Å². The summed E-state index contributed by atoms with van der Waals surface area (Å²) >= 11 is 1.51. The van der Waals surface area contributed by atoms with Crippen LogP contribution >= 0.6 is 11.3 Å². The summed E-state index contributed by atoms with van der Waals surface area (Å²) in [6.07, 6.45) is 1.48. The molecule has 1 N–H and O–H groups in total. The number of hydrogen-bond acceptors (Lipinski definition) is 5. The molecule has 96 valence electrons. The molecule has 2 rings (SSSR count). The molecule has 0 radical (unpaired) electrons. The second-order valence-corrected chi connectivity index (χ2v) is 4.31. The number of carbonyl (C=O) groups excluding carboxylic acids is 1. The van der Waals surface area contributed by atoms with E-state index >= 15 is 0 Å². The molecule has 0 aliphatic rings. The Morgan fingerprint density at radius 2 is 2.16 bits per heavy atom. The number of carbonyl (C=O) groups is 1. The molecule has 0 bridgehead atoms. The Kier molecular flexibility index (Phi) is 3.99. The zero-order valence-electron chi connectivity index (χ0n) is 9.65. The molecular weight excluding hydrogens is 266 g/mol. The first-order valence-electron chi connectivity index (χ1n) is 5.27. The number of hydrazone groups is 1. The van der Waals surface area contributed by atoms with Gasteiger partial charge in [0.05, 0.1) is 11.1 Å². The van der Waals surface area contributed by atoms with Crippen LogP contribution in [0.1, 0.15) is 15.9 Å². The standard InChI is InChI=1S/C12H9N3O3S/c16-12(14-13-7-9-5-6-19-8-9)10-3-1-2-4-11(10)15(17)18/h1-8H,(H,14,16)/b13-7+. The van der Waals surface area contributed by atoms with Crippen LogP contribution in [0.3, 0.4) is 0 Å². The fourth-order valence-corrected chi connectivity index (χ4v) is 2.01. The quantitative estimate of drug-likeness (QED) is 0.528. The summed E-state index contributed by atoms with van der Waals surface area (Å²) in [6, 6.07) is 7.56. The number of hydrogen-bond donors (Lipinski definition) is 1. The van der Waals surface area contributed by atoms with Gasteiger partial charge >= 0.3 is 0 Å². The summed E-state index contributed by atoms with van der Waals surface area (Å²) in [5.74, 6) is -0.612. The van der Waals surface area contributed by atoms with Crippen molar-refractivity contribution in [1.82, 2.24) is 5.43 Å². The maximum absolute atomic E-state index is 11.8. The van der Waals surface area contributed by atoms with E-state index in [0.29, 0.717) is 0 Å². The molecule has 7 heteroatoms. The molecule has 0 aliphatic carbocycles. The number of nitro groups is 1. The first kappa shape index (κ1) is 12.9. The van der Waals surface area contributed by atoms with Gasteiger partial charge in [-0.3, -0.25) is 14.9 Å². The van der Waals surface area contributed by atoms with Crippen molar-refractivity contribution in [1.29, 1.82) is 0 Å². The second kappa shape index (κ2) is 5.87. The molecule has 0 spiro atoms. The van der Waals surface area contributed by atoms with Crippen LogP contribution in [0.4, 0.5) is 5.69 Å². The second-order valence-electron chi connectivity index (χ2n) is 3.53. The van der Waals surface area contributed by atoms with Crippen molar-refractivity contribution in [3.8, 4) is 0 Å². The number of para-hydroxylation sites is 1. The van der Waals surface area contributed by atoms with Gasteiger partial charge in [-0.1, -0.05) is 12.1 Å². The van der Waals surface area contributed by atoms with Crippen LogP contribution in [0.15, 0.2) is 46.2 Å². The molecule has 1 heterocycles. The average Bonchev–Trinajstić information content (AvgIpc) is 2.91. The van der Waals surface area contributed by atoms with Crippen molar-refractivity contribution in [3.63, 3.8) is 0 Å². The number of nitrogens with zero attached hydrogens (tertiary/aromatic N) is 2. The topological polar surface area (TPSA) is 84.6 Å². The van der Waals surface area contributed by atoms with E-state index in [9.17, 15) is 14.9 Å². The summed E-state index contributed by atoms with van der Waals surface area (Å²) in [7, 11) is 0. The fraction of sp³-hybridized carbons (Fsp3) is 0. The molecule has 2 aromatic rings. The van der Waals surface area contributed by atoms with Crippen LogP contribution in [0.25, 0.3) is 0 Å². The Morgan fingerprint density at radius 3 is 2.84 bits per heavy atom. The molecular formula is C12H9N3O3S. The zero-order chi connectivity index (χ0) is 13.7. The predicted octanol–water partition coefficient (Wildman–Crippen LogP) is 2.42. The van der Waals surface area contributed by atoms with E-state index in [4.69, 9.17) is 0 Å². The molecule has 0 atom stereocenters. The Hall–Kier alpha value is -2.54. The lowest BCUT2D eigenvalue weighted by atomic mass is 10.2. The maximum Gasteiger partial charge on any atom is 0.282 e. The highest BCUT2D eigenvalue weighted by Crippen LogP contribution is 2.17. The molecule has 0 saturated carbocycles. The molecule has 1 amide bonds. The Labute approximate surface area is 112 Å². The van der Waals surface area contributed by atoms with Gasteiger partial charge in [0.2, 0.25) is 0 Å². The van der Waals surface area contributed by atoms with Gasteiger partial charge in [-0.15, -0.1) is 0 Å². The Morgan fingerprint density at radius 1 is 1.37 bits per heavy atom. The number of amides is 1. The van der Waals surface area contributed by atoms with Gasteiger partial charge in [0.1, 0.15) is 5.56 Å². The number of nitro benzene ring substituents is 1. The van der Waals surface area contributed by atoms with E-state index in [1.54, 1.807) is 6.07 Å². The summed E-state index contributed by atoms with van der Waals surface area (Å²) in [5.41, 5.74) is 2.85. The lowest BCUT2D eigenvalue weighted by molar-refractivity contribution is -0.385. The highest BCUT2D eigenvalue weighted by atomic mass is 32.1. The molecule has 1 aromatic carbocycles. The first-order valence-corrected chi connectivity index (χ1v) is 6.22. The summed E-state index contributed by atoms with van der Waals surface area (Å²) in [4.78, 5) is 21.9. The van der Waals surface area contributed by atoms with Crippen LogP contribution in [-0.2, 0) is 0 Å². The lowest BCUT2D eigenvalue weighted by Gasteiger charge is -2.00. The third-order valence-corrected chi connectivity index (χ3v) is 2.97. The van der Waals surface area contributed by atoms with Crippen LogP contribution in [0, 0.1) is 10.1 Å². The van der Waals surface area contributed by atoms with Gasteiger partial charge in [-0.2, -0.15) is 16.4 Å². The molecule has 0 aliphatic heterocycles. The molecule has 19 heavy (non-hydrogen) atoms. The van der Waals surface area contributed by atoms with E-state index in [-0.39, 0.29) is 11.3 Å². The SMILES string of the molecule is O=C(N/N=C/c1ccsc1)c1ccccc1[N+](=O)[O-]. The molecule has 0 saturated heterocycles. The third kappa shape index (κ3) is 3.23. The predicted molar refractivity (Wildman–Crippen MR) is 72.5 cm³/mol. The first-order chi connectivity index (χ1) is 9.18. The monoisotopic (exact) mass is 275 g/mol. The smallest absolute Gasteiger partial charge is 0.267 e. The largest absolute Gasteiger partial charge is 0.282 e. The Balaban J connectivity index is 2.10. The minimum atomic E-state index is -0.612. The molecule has 0 fully saturated rings. The van der Waals surface area contributed by atoms with Gasteiger partial charge in [-0.05, 0) is 22.9 Å².